The summed E-state index contributed by atoms with van der Waals surface area (Å²) in [6.07, 6.45) is 0. The number of nitrogens with two attached hydrogens (primary N) is 1. The van der Waals surface area contributed by atoms with E-state index in [4.69, 9.17) is 17.3 Å². The van der Waals surface area contributed by atoms with Gasteiger partial charge in [-0.05, 0) is 36.4 Å². The van der Waals surface area contributed by atoms with Crippen molar-refractivity contribution in [2.24, 2.45) is 0 Å². The Bertz CT molecular complexity index is 847. The highest BCUT2D eigenvalue weighted by molar-refractivity contribution is 7.21. The second-order valence-corrected chi connectivity index (χ2v) is 5.94. The Kier molecular flexibility index (Phi) is 3.53. The molecule has 0 atom stereocenters. The molecule has 0 fully saturated rings. The Morgan fingerprint density at radius 1 is 1.24 bits per heavy atom. The number of benzene rings is 2. The maximum Gasteiger partial charge on any atom is 0.267 e. The minimum atomic E-state index is -0.381. The van der Waals surface area contributed by atoms with Crippen molar-refractivity contribution in [2.45, 2.75) is 0 Å². The highest BCUT2D eigenvalue weighted by Gasteiger charge is 2.17. The minimum Gasteiger partial charge on any atom is -0.397 e. The number of nitrogens with one attached hydrogen (secondary N) is 1. The lowest BCUT2D eigenvalue weighted by Gasteiger charge is -2.04. The Hall–Kier alpha value is -2.11. The van der Waals surface area contributed by atoms with Crippen LogP contribution in [0.25, 0.3) is 10.1 Å². The molecule has 1 amide bonds. The highest BCUT2D eigenvalue weighted by atomic mass is 35.5. The van der Waals surface area contributed by atoms with Crippen LogP contribution in [-0.4, -0.2) is 5.91 Å². The molecule has 3 nitrogen and oxygen atoms in total. The van der Waals surface area contributed by atoms with Gasteiger partial charge < -0.3 is 11.1 Å². The van der Waals surface area contributed by atoms with Crippen LogP contribution in [-0.2, 0) is 0 Å². The first kappa shape index (κ1) is 13.9. The number of fused-ring (bicyclic) bond motifs is 1. The molecule has 1 aromatic heterocycles. The molecule has 21 heavy (non-hydrogen) atoms. The smallest absolute Gasteiger partial charge is 0.267 e. The topological polar surface area (TPSA) is 55.1 Å². The van der Waals surface area contributed by atoms with Gasteiger partial charge in [0, 0.05) is 20.8 Å². The number of anilines is 2. The van der Waals surface area contributed by atoms with E-state index < -0.39 is 0 Å². The van der Waals surface area contributed by atoms with Crippen LogP contribution in [0.2, 0.25) is 5.02 Å². The molecule has 6 heteroatoms. The first-order valence-electron chi connectivity index (χ1n) is 6.09. The van der Waals surface area contributed by atoms with Crippen LogP contribution in [0.15, 0.2) is 42.5 Å². The number of halogens is 2. The first-order chi connectivity index (χ1) is 10.0. The predicted octanol–water partition coefficient (Wildman–Crippen LogP) is 4.53. The molecular weight excluding hydrogens is 311 g/mol. The second kappa shape index (κ2) is 5.35. The van der Waals surface area contributed by atoms with Gasteiger partial charge in [-0.2, -0.15) is 0 Å². The van der Waals surface area contributed by atoms with E-state index in [0.29, 0.717) is 21.0 Å². The third-order valence-electron chi connectivity index (χ3n) is 2.98. The van der Waals surface area contributed by atoms with E-state index in [0.717, 1.165) is 4.70 Å². The van der Waals surface area contributed by atoms with E-state index in [1.807, 2.05) is 0 Å². The first-order valence-corrected chi connectivity index (χ1v) is 7.28. The summed E-state index contributed by atoms with van der Waals surface area (Å²) in [6.45, 7) is 0. The Morgan fingerprint density at radius 3 is 2.81 bits per heavy atom. The maximum absolute atomic E-state index is 13.3. The van der Waals surface area contributed by atoms with E-state index in [-0.39, 0.29) is 17.4 Å². The van der Waals surface area contributed by atoms with Crippen LogP contribution in [0.1, 0.15) is 9.67 Å². The van der Waals surface area contributed by atoms with Crippen LogP contribution in [0.5, 0.6) is 0 Å². The third kappa shape index (κ3) is 2.70. The van der Waals surface area contributed by atoms with E-state index in [2.05, 4.69) is 5.32 Å². The number of amides is 1. The van der Waals surface area contributed by atoms with Gasteiger partial charge in [-0.3, -0.25) is 4.79 Å². The summed E-state index contributed by atoms with van der Waals surface area (Å²) in [6, 6.07) is 11.1. The van der Waals surface area contributed by atoms with Gasteiger partial charge >= 0.3 is 0 Å². The predicted molar refractivity (Wildman–Crippen MR) is 85.6 cm³/mol. The summed E-state index contributed by atoms with van der Waals surface area (Å²) in [5.41, 5.74) is 6.81. The van der Waals surface area contributed by atoms with Crippen molar-refractivity contribution in [3.05, 3.63) is 58.2 Å². The van der Waals surface area contributed by atoms with Crippen molar-refractivity contribution in [1.29, 1.82) is 0 Å². The summed E-state index contributed by atoms with van der Waals surface area (Å²) in [5, 5.41) is 3.81. The number of carbonyl (C=O) groups is 1. The van der Waals surface area contributed by atoms with Crippen molar-refractivity contribution in [1.82, 2.24) is 0 Å². The molecule has 1 heterocycles. The molecule has 0 radical (unpaired) electrons. The van der Waals surface area contributed by atoms with Gasteiger partial charge in [0.15, 0.2) is 0 Å². The fourth-order valence-corrected chi connectivity index (χ4v) is 3.20. The quantitative estimate of drug-likeness (QED) is 0.729. The van der Waals surface area contributed by atoms with Crippen molar-refractivity contribution in [2.75, 3.05) is 11.1 Å². The average Bonchev–Trinajstić information content (AvgIpc) is 2.76. The van der Waals surface area contributed by atoms with Gasteiger partial charge in [-0.15, -0.1) is 11.3 Å². The lowest BCUT2D eigenvalue weighted by atomic mass is 10.2. The molecule has 0 aliphatic heterocycles. The summed E-state index contributed by atoms with van der Waals surface area (Å²) < 4.78 is 14.0. The van der Waals surface area contributed by atoms with Gasteiger partial charge in [0.25, 0.3) is 5.91 Å². The van der Waals surface area contributed by atoms with Gasteiger partial charge in [0.1, 0.15) is 10.7 Å². The number of hydrogen-bond acceptors (Lipinski definition) is 3. The molecule has 0 aliphatic carbocycles. The molecule has 3 N–H and O–H groups in total. The Labute approximate surface area is 129 Å². The molecule has 0 saturated heterocycles. The molecule has 2 aromatic carbocycles. The molecular formula is C15H10ClFN2OS. The molecule has 0 saturated carbocycles. The number of nitrogen functional groups attached to an aromatic ring is 1. The van der Waals surface area contributed by atoms with Crippen LogP contribution < -0.4 is 11.1 Å². The fourth-order valence-electron chi connectivity index (χ4n) is 2.01. The fraction of sp³-hybridized carbons (Fsp3) is 0. The van der Waals surface area contributed by atoms with Crippen molar-refractivity contribution in [3.8, 4) is 0 Å². The molecule has 0 spiro atoms. The summed E-state index contributed by atoms with van der Waals surface area (Å²) >= 11 is 7.10. The van der Waals surface area contributed by atoms with E-state index >= 15 is 0 Å². The summed E-state index contributed by atoms with van der Waals surface area (Å²) in [5.74, 6) is -0.717. The lowest BCUT2D eigenvalue weighted by Crippen LogP contribution is -2.11. The van der Waals surface area contributed by atoms with Gasteiger partial charge in [0.2, 0.25) is 0 Å². The maximum atomic E-state index is 13.3. The van der Waals surface area contributed by atoms with E-state index in [9.17, 15) is 9.18 Å². The van der Waals surface area contributed by atoms with E-state index in [1.54, 1.807) is 30.3 Å². The van der Waals surface area contributed by atoms with Crippen molar-refractivity contribution < 1.29 is 9.18 Å². The Morgan fingerprint density at radius 2 is 2.05 bits per heavy atom. The highest BCUT2D eigenvalue weighted by Crippen LogP contribution is 2.34. The number of carbonyl (C=O) groups excluding carboxylic acids is 1. The van der Waals surface area contributed by atoms with Crippen LogP contribution >= 0.6 is 22.9 Å². The minimum absolute atomic E-state index is 0.286. The normalized spacial score (nSPS) is 10.8. The SMILES string of the molecule is Nc1c(C(=O)Nc2cccc(Cl)c2)sc2ccc(F)cc12. The standard InChI is InChI=1S/C15H10ClFN2OS/c16-8-2-1-3-10(6-8)19-15(20)14-13(18)11-7-9(17)4-5-12(11)21-14/h1-7H,18H2,(H,19,20). The summed E-state index contributed by atoms with van der Waals surface area (Å²) in [7, 11) is 0. The monoisotopic (exact) mass is 320 g/mol. The van der Waals surface area contributed by atoms with Crippen molar-refractivity contribution in [3.63, 3.8) is 0 Å². The zero-order valence-electron chi connectivity index (χ0n) is 10.7. The molecule has 0 aliphatic rings. The molecule has 0 bridgehead atoms. The summed E-state index contributed by atoms with van der Waals surface area (Å²) in [4.78, 5) is 12.6. The molecule has 3 rings (SSSR count). The number of rotatable bonds is 2. The van der Waals surface area contributed by atoms with Gasteiger partial charge in [0.05, 0.1) is 5.69 Å². The number of thiophene rings is 1. The third-order valence-corrected chi connectivity index (χ3v) is 4.40. The van der Waals surface area contributed by atoms with Gasteiger partial charge in [-0.1, -0.05) is 17.7 Å². The van der Waals surface area contributed by atoms with Crippen LogP contribution in [0, 0.1) is 5.82 Å². The molecule has 3 aromatic rings. The average molecular weight is 321 g/mol. The van der Waals surface area contributed by atoms with Crippen LogP contribution in [0.4, 0.5) is 15.8 Å². The second-order valence-electron chi connectivity index (χ2n) is 4.45. The van der Waals surface area contributed by atoms with Crippen LogP contribution in [0.3, 0.4) is 0 Å². The molecule has 106 valence electrons. The zero-order chi connectivity index (χ0) is 15.0. The zero-order valence-corrected chi connectivity index (χ0v) is 12.3. The van der Waals surface area contributed by atoms with Crippen molar-refractivity contribution >= 4 is 50.3 Å². The number of hydrogen-bond donors (Lipinski definition) is 2. The van der Waals surface area contributed by atoms with E-state index in [1.165, 1.54) is 23.5 Å². The lowest BCUT2D eigenvalue weighted by molar-refractivity contribution is 0.103. The van der Waals surface area contributed by atoms with Gasteiger partial charge in [-0.25, -0.2) is 4.39 Å². The largest absolute Gasteiger partial charge is 0.397 e. The Balaban J connectivity index is 1.96. The molecule has 0 unspecified atom stereocenters.